The predicted octanol–water partition coefficient (Wildman–Crippen LogP) is -0.327. The van der Waals surface area contributed by atoms with Crippen molar-refractivity contribution in [1.82, 2.24) is 19.0 Å². The quantitative estimate of drug-likeness (QED) is 0.761. The molecule has 130 valence electrons. The number of pyridine rings is 1. The van der Waals surface area contributed by atoms with Gasteiger partial charge in [-0.3, -0.25) is 23.8 Å². The van der Waals surface area contributed by atoms with Crippen LogP contribution in [0.4, 0.5) is 5.82 Å². The average molecular weight is 340 g/mol. The second-order valence-electron chi connectivity index (χ2n) is 6.14. The maximum Gasteiger partial charge on any atom is 0.332 e. The lowest BCUT2D eigenvalue weighted by atomic mass is 10.2. The van der Waals surface area contributed by atoms with Crippen LogP contribution in [0, 0.1) is 11.3 Å². The minimum Gasteiger partial charge on any atom is -0.354 e. The van der Waals surface area contributed by atoms with Gasteiger partial charge in [0.1, 0.15) is 11.9 Å². The van der Waals surface area contributed by atoms with E-state index in [0.717, 1.165) is 29.8 Å². The van der Waals surface area contributed by atoms with Crippen molar-refractivity contribution in [2.24, 2.45) is 14.1 Å². The molecule has 1 aliphatic heterocycles. The Morgan fingerprint density at radius 1 is 1.16 bits per heavy atom. The van der Waals surface area contributed by atoms with Crippen LogP contribution < -0.4 is 16.1 Å². The topological polar surface area (TPSA) is 87.2 Å². The van der Waals surface area contributed by atoms with Crippen molar-refractivity contribution in [3.63, 3.8) is 0 Å². The molecule has 1 fully saturated rings. The summed E-state index contributed by atoms with van der Waals surface area (Å²) in [7, 11) is 2.99. The van der Waals surface area contributed by atoms with Crippen molar-refractivity contribution < 1.29 is 0 Å². The summed E-state index contributed by atoms with van der Waals surface area (Å²) in [5, 5.41) is 9.39. The van der Waals surface area contributed by atoms with Crippen LogP contribution in [0.1, 0.15) is 11.1 Å². The number of nitriles is 1. The summed E-state index contributed by atoms with van der Waals surface area (Å²) in [5.74, 6) is 0.414. The first-order valence-electron chi connectivity index (χ1n) is 8.09. The number of hydrogen-bond acceptors (Lipinski definition) is 6. The summed E-state index contributed by atoms with van der Waals surface area (Å²) >= 11 is 0. The van der Waals surface area contributed by atoms with Crippen LogP contribution in [-0.2, 0) is 20.6 Å². The van der Waals surface area contributed by atoms with Gasteiger partial charge in [0.2, 0.25) is 0 Å². The van der Waals surface area contributed by atoms with E-state index >= 15 is 0 Å². The molecule has 0 radical (unpaired) electrons. The molecule has 0 spiro atoms. The molecular weight excluding hydrogens is 320 g/mol. The first kappa shape index (κ1) is 16.9. The Labute approximate surface area is 145 Å². The first-order chi connectivity index (χ1) is 12.0. The van der Waals surface area contributed by atoms with Gasteiger partial charge in [-0.05, 0) is 11.6 Å². The Morgan fingerprint density at radius 2 is 1.88 bits per heavy atom. The van der Waals surface area contributed by atoms with Crippen LogP contribution in [0.3, 0.4) is 0 Å². The van der Waals surface area contributed by atoms with E-state index < -0.39 is 11.2 Å². The largest absolute Gasteiger partial charge is 0.354 e. The van der Waals surface area contributed by atoms with Crippen molar-refractivity contribution in [2.75, 3.05) is 31.1 Å². The van der Waals surface area contributed by atoms with E-state index in [1.165, 1.54) is 11.6 Å². The molecular formula is C17H20N6O2. The third-order valence-electron chi connectivity index (χ3n) is 4.55. The fraction of sp³-hybridized carbons (Fsp3) is 0.412. The maximum atomic E-state index is 12.2. The third-order valence-corrected chi connectivity index (χ3v) is 4.55. The van der Waals surface area contributed by atoms with Crippen molar-refractivity contribution in [3.05, 3.63) is 56.5 Å². The molecule has 1 saturated heterocycles. The summed E-state index contributed by atoms with van der Waals surface area (Å²) in [5.41, 5.74) is 0.204. The summed E-state index contributed by atoms with van der Waals surface area (Å²) in [4.78, 5) is 32.8. The molecule has 0 unspecified atom stereocenters. The summed E-state index contributed by atoms with van der Waals surface area (Å²) in [6, 6.07) is 5.92. The van der Waals surface area contributed by atoms with E-state index in [4.69, 9.17) is 0 Å². The molecule has 8 heteroatoms. The minimum atomic E-state index is -0.543. The van der Waals surface area contributed by atoms with Crippen LogP contribution >= 0.6 is 0 Å². The lowest BCUT2D eigenvalue weighted by Gasteiger charge is -2.36. The first-order valence-corrected chi connectivity index (χ1v) is 8.09. The second kappa shape index (κ2) is 6.91. The van der Waals surface area contributed by atoms with Crippen molar-refractivity contribution in [1.29, 1.82) is 5.26 Å². The molecule has 3 rings (SSSR count). The summed E-state index contributed by atoms with van der Waals surface area (Å²) < 4.78 is 2.36. The van der Waals surface area contributed by atoms with Crippen LogP contribution in [0.15, 0.2) is 34.1 Å². The third kappa shape index (κ3) is 3.19. The Morgan fingerprint density at radius 3 is 2.48 bits per heavy atom. The molecule has 1 aliphatic rings. The number of rotatable bonds is 3. The van der Waals surface area contributed by atoms with Crippen molar-refractivity contribution in [3.8, 4) is 6.07 Å². The Balaban J connectivity index is 1.81. The maximum absolute atomic E-state index is 12.2. The molecule has 0 aliphatic carbocycles. The number of aromatic nitrogens is 3. The van der Waals surface area contributed by atoms with Gasteiger partial charge in [0.25, 0.3) is 5.56 Å². The average Bonchev–Trinajstić information content (AvgIpc) is 2.64. The molecule has 0 atom stereocenters. The predicted molar refractivity (Wildman–Crippen MR) is 93.4 cm³/mol. The van der Waals surface area contributed by atoms with Gasteiger partial charge in [-0.15, -0.1) is 0 Å². The molecule has 0 bridgehead atoms. The highest BCUT2D eigenvalue weighted by atomic mass is 16.2. The molecule has 0 N–H and O–H groups in total. The van der Waals surface area contributed by atoms with Gasteiger partial charge in [0, 0.05) is 59.2 Å². The fourth-order valence-corrected chi connectivity index (χ4v) is 3.17. The highest BCUT2D eigenvalue weighted by Gasteiger charge is 2.24. The molecule has 25 heavy (non-hydrogen) atoms. The molecule has 2 aromatic rings. The Hall–Kier alpha value is -2.92. The molecule has 2 aromatic heterocycles. The van der Waals surface area contributed by atoms with E-state index in [1.54, 1.807) is 13.2 Å². The van der Waals surface area contributed by atoms with E-state index in [0.29, 0.717) is 18.9 Å². The van der Waals surface area contributed by atoms with Gasteiger partial charge >= 0.3 is 5.69 Å². The van der Waals surface area contributed by atoms with E-state index in [-0.39, 0.29) is 5.56 Å². The number of piperazine rings is 1. The smallest absolute Gasteiger partial charge is 0.332 e. The highest BCUT2D eigenvalue weighted by Crippen LogP contribution is 2.17. The molecule has 0 amide bonds. The van der Waals surface area contributed by atoms with E-state index in [2.05, 4.69) is 9.88 Å². The Bertz CT molecular complexity index is 917. The molecule has 0 saturated carbocycles. The lowest BCUT2D eigenvalue weighted by molar-refractivity contribution is 0.248. The van der Waals surface area contributed by atoms with Crippen LogP contribution in [-0.4, -0.2) is 45.2 Å². The van der Waals surface area contributed by atoms with Gasteiger partial charge in [0.15, 0.2) is 5.56 Å². The van der Waals surface area contributed by atoms with Gasteiger partial charge < -0.3 is 4.90 Å². The van der Waals surface area contributed by atoms with Crippen molar-refractivity contribution in [2.45, 2.75) is 6.54 Å². The van der Waals surface area contributed by atoms with Crippen LogP contribution in [0.2, 0.25) is 0 Å². The van der Waals surface area contributed by atoms with Gasteiger partial charge in [-0.1, -0.05) is 6.07 Å². The van der Waals surface area contributed by atoms with Gasteiger partial charge in [0.05, 0.1) is 0 Å². The number of hydrogen-bond donors (Lipinski definition) is 0. The normalized spacial score (nSPS) is 15.2. The molecule has 8 nitrogen and oxygen atoms in total. The standard InChI is InChI=1S/C17H20N6O2/c1-20-15(14(10-18)16(24)21(2)17(20)25)23-8-6-22(7-9-23)12-13-4-3-5-19-11-13/h3-5,11H,6-9,12H2,1-2H3. The molecule has 3 heterocycles. The zero-order chi connectivity index (χ0) is 18.0. The lowest BCUT2D eigenvalue weighted by Crippen LogP contribution is -2.50. The SMILES string of the molecule is Cn1c(N2CCN(Cc3cccnc3)CC2)c(C#N)c(=O)n(C)c1=O. The monoisotopic (exact) mass is 340 g/mol. The van der Waals surface area contributed by atoms with Gasteiger partial charge in [-0.2, -0.15) is 5.26 Å². The molecule has 0 aromatic carbocycles. The number of nitrogens with zero attached hydrogens (tertiary/aromatic N) is 6. The van der Waals surface area contributed by atoms with Gasteiger partial charge in [-0.25, -0.2) is 4.79 Å². The van der Waals surface area contributed by atoms with Crippen molar-refractivity contribution >= 4 is 5.82 Å². The summed E-state index contributed by atoms with van der Waals surface area (Å²) in [6.07, 6.45) is 3.60. The summed E-state index contributed by atoms with van der Waals surface area (Å²) in [6.45, 7) is 3.67. The van der Waals surface area contributed by atoms with Crippen LogP contribution in [0.25, 0.3) is 0 Å². The van der Waals surface area contributed by atoms with Crippen LogP contribution in [0.5, 0.6) is 0 Å². The van der Waals surface area contributed by atoms with E-state index in [9.17, 15) is 14.9 Å². The zero-order valence-electron chi connectivity index (χ0n) is 14.3. The minimum absolute atomic E-state index is 0.0188. The van der Waals surface area contributed by atoms with E-state index in [1.807, 2.05) is 29.3 Å². The fourth-order valence-electron chi connectivity index (χ4n) is 3.17. The highest BCUT2D eigenvalue weighted by molar-refractivity contribution is 5.53. The second-order valence-corrected chi connectivity index (χ2v) is 6.14. The number of anilines is 1. The Kier molecular flexibility index (Phi) is 4.67. The zero-order valence-corrected chi connectivity index (χ0v) is 14.3.